The Morgan fingerprint density at radius 2 is 2.04 bits per heavy atom. The van der Waals surface area contributed by atoms with E-state index < -0.39 is 9.84 Å². The average molecular weight is 333 g/mol. The Kier molecular flexibility index (Phi) is 4.71. The third-order valence-electron chi connectivity index (χ3n) is 3.68. The number of benzene rings is 1. The second kappa shape index (κ2) is 6.91. The van der Waals surface area contributed by atoms with Crippen LogP contribution in [0.15, 0.2) is 36.5 Å². The van der Waals surface area contributed by atoms with Gasteiger partial charge in [-0.3, -0.25) is 0 Å². The van der Waals surface area contributed by atoms with Crippen LogP contribution in [0.25, 0.3) is 0 Å². The molecule has 0 radical (unpaired) electrons. The highest BCUT2D eigenvalue weighted by Gasteiger charge is 2.28. The van der Waals surface area contributed by atoms with Gasteiger partial charge >= 0.3 is 0 Å². The molecule has 0 amide bonds. The number of anilines is 2. The van der Waals surface area contributed by atoms with Crippen molar-refractivity contribution in [3.05, 3.63) is 42.1 Å². The first-order chi connectivity index (χ1) is 11.1. The van der Waals surface area contributed by atoms with Crippen molar-refractivity contribution in [1.29, 1.82) is 0 Å². The lowest BCUT2D eigenvalue weighted by atomic mass is 10.1. The van der Waals surface area contributed by atoms with Crippen LogP contribution in [0.1, 0.15) is 12.0 Å². The van der Waals surface area contributed by atoms with E-state index in [1.54, 1.807) is 0 Å². The summed E-state index contributed by atoms with van der Waals surface area (Å²) in [7, 11) is -2.91. The SMILES string of the molecule is O=S1(=O)CCC(Nc2cnnc(NCCc3ccccc3)n2)C1. The van der Waals surface area contributed by atoms with Crippen molar-refractivity contribution in [2.24, 2.45) is 0 Å². The van der Waals surface area contributed by atoms with Gasteiger partial charge in [0.25, 0.3) is 0 Å². The maximum absolute atomic E-state index is 11.5. The van der Waals surface area contributed by atoms with Crippen LogP contribution in [0, 0.1) is 0 Å². The van der Waals surface area contributed by atoms with Gasteiger partial charge in [-0.15, -0.1) is 5.10 Å². The first-order valence-corrected chi connectivity index (χ1v) is 9.37. The Morgan fingerprint density at radius 3 is 2.78 bits per heavy atom. The van der Waals surface area contributed by atoms with E-state index in [-0.39, 0.29) is 17.5 Å². The largest absolute Gasteiger partial charge is 0.365 e. The number of nitrogens with zero attached hydrogens (tertiary/aromatic N) is 3. The van der Waals surface area contributed by atoms with Gasteiger partial charge < -0.3 is 10.6 Å². The predicted octanol–water partition coefficient (Wildman–Crippen LogP) is 1.13. The van der Waals surface area contributed by atoms with Gasteiger partial charge in [-0.1, -0.05) is 30.3 Å². The van der Waals surface area contributed by atoms with Crippen LogP contribution in [-0.4, -0.2) is 47.7 Å². The molecule has 1 aromatic carbocycles. The van der Waals surface area contributed by atoms with Crippen LogP contribution < -0.4 is 10.6 Å². The summed E-state index contributed by atoms with van der Waals surface area (Å²) in [5.41, 5.74) is 1.23. The van der Waals surface area contributed by atoms with Crippen molar-refractivity contribution in [2.75, 3.05) is 28.7 Å². The van der Waals surface area contributed by atoms with Crippen LogP contribution >= 0.6 is 0 Å². The molecule has 23 heavy (non-hydrogen) atoms. The standard InChI is InChI=1S/C15H19N5O2S/c21-23(22)9-7-13(11-23)18-14-10-17-20-15(19-14)16-8-6-12-4-2-1-3-5-12/h1-5,10,13H,6-9,11H2,(H2,16,18,19,20). The lowest BCUT2D eigenvalue weighted by Crippen LogP contribution is -2.22. The maximum atomic E-state index is 11.5. The van der Waals surface area contributed by atoms with Gasteiger partial charge in [0.1, 0.15) is 0 Å². The molecule has 1 fully saturated rings. The summed E-state index contributed by atoms with van der Waals surface area (Å²) in [5.74, 6) is 1.36. The van der Waals surface area contributed by atoms with E-state index >= 15 is 0 Å². The van der Waals surface area contributed by atoms with E-state index in [0.29, 0.717) is 24.7 Å². The molecule has 1 aromatic heterocycles. The molecule has 0 bridgehead atoms. The fourth-order valence-corrected chi connectivity index (χ4v) is 4.20. The Morgan fingerprint density at radius 1 is 1.22 bits per heavy atom. The van der Waals surface area contributed by atoms with Crippen LogP contribution in [-0.2, 0) is 16.3 Å². The highest BCUT2D eigenvalue weighted by molar-refractivity contribution is 7.91. The summed E-state index contributed by atoms with van der Waals surface area (Å²) < 4.78 is 22.9. The van der Waals surface area contributed by atoms with Gasteiger partial charge in [-0.2, -0.15) is 10.1 Å². The fraction of sp³-hybridized carbons (Fsp3) is 0.400. The lowest BCUT2D eigenvalue weighted by molar-refractivity contribution is 0.602. The number of aromatic nitrogens is 3. The minimum Gasteiger partial charge on any atom is -0.365 e. The summed E-state index contributed by atoms with van der Waals surface area (Å²) in [6.07, 6.45) is 2.97. The minimum atomic E-state index is -2.91. The molecule has 2 heterocycles. The third-order valence-corrected chi connectivity index (χ3v) is 5.45. The van der Waals surface area contributed by atoms with Gasteiger partial charge in [-0.25, -0.2) is 8.42 Å². The molecule has 1 aliphatic heterocycles. The Hall–Kier alpha value is -2.22. The van der Waals surface area contributed by atoms with Gasteiger partial charge in [0, 0.05) is 12.6 Å². The van der Waals surface area contributed by atoms with Gasteiger partial charge in [0.05, 0.1) is 17.7 Å². The van der Waals surface area contributed by atoms with E-state index in [1.807, 2.05) is 18.2 Å². The van der Waals surface area contributed by atoms with Crippen molar-refractivity contribution in [1.82, 2.24) is 15.2 Å². The monoisotopic (exact) mass is 333 g/mol. The van der Waals surface area contributed by atoms with Crippen molar-refractivity contribution in [3.8, 4) is 0 Å². The Balaban J connectivity index is 1.53. The van der Waals surface area contributed by atoms with Crippen LogP contribution in [0.4, 0.5) is 11.8 Å². The Bertz CT molecular complexity index is 751. The molecule has 122 valence electrons. The summed E-state index contributed by atoms with van der Waals surface area (Å²) in [5, 5.41) is 14.1. The number of hydrogen-bond acceptors (Lipinski definition) is 7. The molecule has 0 saturated carbocycles. The summed E-state index contributed by atoms with van der Waals surface area (Å²) >= 11 is 0. The molecule has 0 aliphatic carbocycles. The summed E-state index contributed by atoms with van der Waals surface area (Å²) in [6, 6.07) is 10.0. The number of rotatable bonds is 6. The third kappa shape index (κ3) is 4.62. The number of hydrogen-bond donors (Lipinski definition) is 2. The zero-order valence-electron chi connectivity index (χ0n) is 12.6. The normalized spacial score (nSPS) is 19.4. The van der Waals surface area contributed by atoms with Crippen LogP contribution in [0.5, 0.6) is 0 Å². The van der Waals surface area contributed by atoms with E-state index in [0.717, 1.165) is 6.42 Å². The van der Waals surface area contributed by atoms with Crippen LogP contribution in [0.2, 0.25) is 0 Å². The smallest absolute Gasteiger partial charge is 0.244 e. The molecule has 1 aliphatic rings. The molecule has 1 unspecified atom stereocenters. The molecule has 7 nitrogen and oxygen atoms in total. The second-order valence-electron chi connectivity index (χ2n) is 5.57. The molecule has 3 rings (SSSR count). The Labute approximate surface area is 135 Å². The molecule has 1 atom stereocenters. The summed E-state index contributed by atoms with van der Waals surface area (Å²) in [6.45, 7) is 0.701. The molecule has 8 heteroatoms. The predicted molar refractivity (Wildman–Crippen MR) is 89.1 cm³/mol. The molecular weight excluding hydrogens is 314 g/mol. The molecule has 2 aromatic rings. The topological polar surface area (TPSA) is 96.9 Å². The molecule has 1 saturated heterocycles. The van der Waals surface area contributed by atoms with Gasteiger partial charge in [0.2, 0.25) is 5.95 Å². The first-order valence-electron chi connectivity index (χ1n) is 7.55. The number of nitrogens with one attached hydrogen (secondary N) is 2. The zero-order chi connectivity index (χ0) is 16.1. The van der Waals surface area contributed by atoms with Gasteiger partial charge in [-0.05, 0) is 18.4 Å². The maximum Gasteiger partial charge on any atom is 0.244 e. The lowest BCUT2D eigenvalue weighted by Gasteiger charge is -2.11. The van der Waals surface area contributed by atoms with Gasteiger partial charge in [0.15, 0.2) is 15.7 Å². The van der Waals surface area contributed by atoms with E-state index in [2.05, 4.69) is 37.9 Å². The van der Waals surface area contributed by atoms with Crippen LogP contribution in [0.3, 0.4) is 0 Å². The highest BCUT2D eigenvalue weighted by atomic mass is 32.2. The second-order valence-corrected chi connectivity index (χ2v) is 7.80. The minimum absolute atomic E-state index is 0.103. The van der Waals surface area contributed by atoms with Crippen molar-refractivity contribution in [3.63, 3.8) is 0 Å². The fourth-order valence-electron chi connectivity index (χ4n) is 2.53. The highest BCUT2D eigenvalue weighted by Crippen LogP contribution is 2.16. The first kappa shape index (κ1) is 15.7. The zero-order valence-corrected chi connectivity index (χ0v) is 13.5. The molecule has 2 N–H and O–H groups in total. The van der Waals surface area contributed by atoms with Crippen molar-refractivity contribution < 1.29 is 8.42 Å². The van der Waals surface area contributed by atoms with Crippen molar-refractivity contribution in [2.45, 2.75) is 18.9 Å². The van der Waals surface area contributed by atoms with E-state index in [9.17, 15) is 8.42 Å². The van der Waals surface area contributed by atoms with Crippen molar-refractivity contribution >= 4 is 21.6 Å². The number of sulfone groups is 1. The van der Waals surface area contributed by atoms with E-state index in [4.69, 9.17) is 0 Å². The molecule has 0 spiro atoms. The average Bonchev–Trinajstić information content (AvgIpc) is 2.87. The summed E-state index contributed by atoms with van der Waals surface area (Å²) in [4.78, 5) is 4.32. The van der Waals surface area contributed by atoms with E-state index in [1.165, 1.54) is 11.8 Å². The molecular formula is C15H19N5O2S. The quantitative estimate of drug-likeness (QED) is 0.818.